The van der Waals surface area contributed by atoms with E-state index in [1.165, 1.54) is 7.11 Å². The van der Waals surface area contributed by atoms with Gasteiger partial charge in [0.1, 0.15) is 6.29 Å². The van der Waals surface area contributed by atoms with Gasteiger partial charge in [0, 0.05) is 16.3 Å². The molecule has 0 atom stereocenters. The van der Waals surface area contributed by atoms with Gasteiger partial charge in [-0.15, -0.1) is 0 Å². The summed E-state index contributed by atoms with van der Waals surface area (Å²) in [5.74, 6) is 0.465. The SMILES string of the molecule is COc1cc(C=O)ccc1OCC(=O)Nc1ccc(Cl)cc1. The molecule has 0 saturated heterocycles. The first kappa shape index (κ1) is 15.9. The lowest BCUT2D eigenvalue weighted by Crippen LogP contribution is -2.20. The second-order valence-corrected chi connectivity index (χ2v) is 4.81. The lowest BCUT2D eigenvalue weighted by molar-refractivity contribution is -0.118. The van der Waals surface area contributed by atoms with E-state index >= 15 is 0 Å². The van der Waals surface area contributed by atoms with E-state index < -0.39 is 0 Å². The fourth-order valence-electron chi connectivity index (χ4n) is 1.75. The van der Waals surface area contributed by atoms with E-state index in [-0.39, 0.29) is 12.5 Å². The zero-order chi connectivity index (χ0) is 15.9. The maximum absolute atomic E-state index is 11.8. The number of hydrogen-bond acceptors (Lipinski definition) is 4. The van der Waals surface area contributed by atoms with E-state index in [1.807, 2.05) is 0 Å². The highest BCUT2D eigenvalue weighted by Gasteiger charge is 2.09. The molecule has 1 N–H and O–H groups in total. The van der Waals surface area contributed by atoms with Crippen molar-refractivity contribution in [3.05, 3.63) is 53.1 Å². The van der Waals surface area contributed by atoms with Crippen LogP contribution in [0.15, 0.2) is 42.5 Å². The summed E-state index contributed by atoms with van der Waals surface area (Å²) < 4.78 is 10.5. The number of amides is 1. The number of carbonyl (C=O) groups excluding carboxylic acids is 2. The van der Waals surface area contributed by atoms with Gasteiger partial charge in [-0.3, -0.25) is 9.59 Å². The molecule has 1 amide bonds. The highest BCUT2D eigenvalue weighted by atomic mass is 35.5. The molecule has 0 radical (unpaired) electrons. The molecule has 0 fully saturated rings. The van der Waals surface area contributed by atoms with Crippen molar-refractivity contribution in [2.24, 2.45) is 0 Å². The lowest BCUT2D eigenvalue weighted by atomic mass is 10.2. The van der Waals surface area contributed by atoms with Gasteiger partial charge < -0.3 is 14.8 Å². The predicted molar refractivity (Wildman–Crippen MR) is 84.0 cm³/mol. The topological polar surface area (TPSA) is 64.6 Å². The number of nitrogens with one attached hydrogen (secondary N) is 1. The van der Waals surface area contributed by atoms with Gasteiger partial charge >= 0.3 is 0 Å². The number of aldehydes is 1. The Morgan fingerprint density at radius 3 is 2.55 bits per heavy atom. The minimum atomic E-state index is -0.316. The summed E-state index contributed by atoms with van der Waals surface area (Å²) in [7, 11) is 1.46. The van der Waals surface area contributed by atoms with Crippen LogP contribution >= 0.6 is 11.6 Å². The van der Waals surface area contributed by atoms with Crippen LogP contribution in [0.1, 0.15) is 10.4 Å². The van der Waals surface area contributed by atoms with Crippen LogP contribution in [0.3, 0.4) is 0 Å². The first-order valence-electron chi connectivity index (χ1n) is 6.44. The number of anilines is 1. The molecule has 0 aromatic heterocycles. The van der Waals surface area contributed by atoms with Crippen LogP contribution in [0.2, 0.25) is 5.02 Å². The highest BCUT2D eigenvalue weighted by Crippen LogP contribution is 2.27. The third kappa shape index (κ3) is 4.23. The number of ether oxygens (including phenoxy) is 2. The van der Waals surface area contributed by atoms with Crippen molar-refractivity contribution >= 4 is 29.5 Å². The number of benzene rings is 2. The fourth-order valence-corrected chi connectivity index (χ4v) is 1.88. The van der Waals surface area contributed by atoms with E-state index in [9.17, 15) is 9.59 Å². The second kappa shape index (κ2) is 7.47. The van der Waals surface area contributed by atoms with Crippen LogP contribution in [0.25, 0.3) is 0 Å². The summed E-state index contributed by atoms with van der Waals surface area (Å²) in [5.41, 5.74) is 1.09. The molecular formula is C16H14ClNO4. The van der Waals surface area contributed by atoms with Gasteiger partial charge in [0.2, 0.25) is 0 Å². The highest BCUT2D eigenvalue weighted by molar-refractivity contribution is 6.30. The summed E-state index contributed by atoms with van der Waals surface area (Å²) in [5, 5.41) is 3.27. The number of methoxy groups -OCH3 is 1. The monoisotopic (exact) mass is 319 g/mol. The van der Waals surface area contributed by atoms with Crippen LogP contribution in [0.5, 0.6) is 11.5 Å². The van der Waals surface area contributed by atoms with E-state index in [4.69, 9.17) is 21.1 Å². The molecule has 22 heavy (non-hydrogen) atoms. The molecule has 2 aromatic rings. The molecule has 2 rings (SSSR count). The molecule has 2 aromatic carbocycles. The van der Waals surface area contributed by atoms with Gasteiger partial charge in [0.05, 0.1) is 7.11 Å². The van der Waals surface area contributed by atoms with Crippen molar-refractivity contribution < 1.29 is 19.1 Å². The average Bonchev–Trinajstić information content (AvgIpc) is 2.55. The molecule has 0 heterocycles. The average molecular weight is 320 g/mol. The van der Waals surface area contributed by atoms with Crippen LogP contribution in [-0.4, -0.2) is 25.9 Å². The minimum Gasteiger partial charge on any atom is -0.493 e. The largest absolute Gasteiger partial charge is 0.493 e. The van der Waals surface area contributed by atoms with Crippen molar-refractivity contribution in [2.75, 3.05) is 19.0 Å². The molecule has 0 bridgehead atoms. The van der Waals surface area contributed by atoms with E-state index in [0.29, 0.717) is 34.1 Å². The van der Waals surface area contributed by atoms with Gasteiger partial charge in [0.25, 0.3) is 5.91 Å². The quantitative estimate of drug-likeness (QED) is 0.831. The van der Waals surface area contributed by atoms with Gasteiger partial charge in [-0.25, -0.2) is 0 Å². The Hall–Kier alpha value is -2.53. The minimum absolute atomic E-state index is 0.181. The Morgan fingerprint density at radius 2 is 1.91 bits per heavy atom. The van der Waals surface area contributed by atoms with Gasteiger partial charge in [-0.2, -0.15) is 0 Å². The molecule has 0 aliphatic carbocycles. The van der Waals surface area contributed by atoms with Gasteiger partial charge in [-0.1, -0.05) is 11.6 Å². The van der Waals surface area contributed by atoms with E-state index in [0.717, 1.165) is 0 Å². The van der Waals surface area contributed by atoms with Crippen LogP contribution in [0.4, 0.5) is 5.69 Å². The smallest absolute Gasteiger partial charge is 0.262 e. The Morgan fingerprint density at radius 1 is 1.18 bits per heavy atom. The van der Waals surface area contributed by atoms with Crippen molar-refractivity contribution in [2.45, 2.75) is 0 Å². The standard InChI is InChI=1S/C16H14ClNO4/c1-21-15-8-11(9-19)2-7-14(15)22-10-16(20)18-13-5-3-12(17)4-6-13/h2-9H,10H2,1H3,(H,18,20). The van der Waals surface area contributed by atoms with Crippen molar-refractivity contribution in [1.82, 2.24) is 0 Å². The number of hydrogen-bond donors (Lipinski definition) is 1. The molecule has 6 heteroatoms. The molecule has 0 aliphatic heterocycles. The van der Waals surface area contributed by atoms with E-state index in [2.05, 4.69) is 5.32 Å². The molecule has 0 unspecified atom stereocenters. The zero-order valence-electron chi connectivity index (χ0n) is 11.8. The molecule has 0 spiro atoms. The third-order valence-corrected chi connectivity index (χ3v) is 3.06. The summed E-state index contributed by atoms with van der Waals surface area (Å²) in [6.45, 7) is -0.181. The Bertz CT molecular complexity index is 670. The number of carbonyl (C=O) groups is 2. The zero-order valence-corrected chi connectivity index (χ0v) is 12.6. The van der Waals surface area contributed by atoms with Crippen molar-refractivity contribution in [3.63, 3.8) is 0 Å². The summed E-state index contributed by atoms with van der Waals surface area (Å²) >= 11 is 5.77. The molecule has 0 aliphatic rings. The normalized spacial score (nSPS) is 9.91. The Kier molecular flexibility index (Phi) is 5.38. The van der Waals surface area contributed by atoms with Crippen molar-refractivity contribution in [3.8, 4) is 11.5 Å². The molecule has 5 nitrogen and oxygen atoms in total. The number of halogens is 1. The maximum Gasteiger partial charge on any atom is 0.262 e. The Balaban J connectivity index is 1.96. The van der Waals surface area contributed by atoms with Gasteiger partial charge in [0.15, 0.2) is 18.1 Å². The van der Waals surface area contributed by atoms with E-state index in [1.54, 1.807) is 42.5 Å². The summed E-state index contributed by atoms with van der Waals surface area (Å²) in [6.07, 6.45) is 0.708. The number of rotatable bonds is 6. The summed E-state index contributed by atoms with van der Waals surface area (Å²) in [4.78, 5) is 22.5. The summed E-state index contributed by atoms with van der Waals surface area (Å²) in [6, 6.07) is 11.5. The molecule has 0 saturated carbocycles. The van der Waals surface area contributed by atoms with Gasteiger partial charge in [-0.05, 0) is 42.5 Å². The van der Waals surface area contributed by atoms with Crippen molar-refractivity contribution in [1.29, 1.82) is 0 Å². The fraction of sp³-hybridized carbons (Fsp3) is 0.125. The second-order valence-electron chi connectivity index (χ2n) is 4.37. The first-order valence-corrected chi connectivity index (χ1v) is 6.81. The Labute approximate surface area is 132 Å². The third-order valence-electron chi connectivity index (χ3n) is 2.81. The van der Waals surface area contributed by atoms with Crippen LogP contribution in [0, 0.1) is 0 Å². The first-order chi connectivity index (χ1) is 10.6. The maximum atomic E-state index is 11.8. The van der Waals surface area contributed by atoms with Crippen LogP contribution in [-0.2, 0) is 4.79 Å². The molecular weight excluding hydrogens is 306 g/mol. The molecule has 114 valence electrons. The van der Waals surface area contributed by atoms with Crippen LogP contribution < -0.4 is 14.8 Å². The predicted octanol–water partition coefficient (Wildman–Crippen LogP) is 3.18. The lowest BCUT2D eigenvalue weighted by Gasteiger charge is -2.11.